The van der Waals surface area contributed by atoms with E-state index < -0.39 is 9.84 Å². The zero-order chi connectivity index (χ0) is 14.3. The maximum absolute atomic E-state index is 11.7. The van der Waals surface area contributed by atoms with Crippen LogP contribution in [0.15, 0.2) is 0 Å². The summed E-state index contributed by atoms with van der Waals surface area (Å²) in [6.07, 6.45) is 10.2. The first-order chi connectivity index (χ1) is 8.97. The van der Waals surface area contributed by atoms with E-state index in [0.29, 0.717) is 12.0 Å². The van der Waals surface area contributed by atoms with Crippen LogP contribution in [0.4, 0.5) is 0 Å². The summed E-state index contributed by atoms with van der Waals surface area (Å²) in [5.41, 5.74) is 0. The van der Waals surface area contributed by atoms with Crippen molar-refractivity contribution >= 4 is 9.84 Å². The fourth-order valence-corrected chi connectivity index (χ4v) is 4.35. The van der Waals surface area contributed by atoms with Crippen LogP contribution in [0.3, 0.4) is 0 Å². The van der Waals surface area contributed by atoms with Crippen LogP contribution in [-0.4, -0.2) is 32.5 Å². The summed E-state index contributed by atoms with van der Waals surface area (Å²) < 4.78 is 23.3. The minimum atomic E-state index is -2.83. The summed E-state index contributed by atoms with van der Waals surface area (Å²) in [7, 11) is -2.83. The van der Waals surface area contributed by atoms with E-state index in [1.54, 1.807) is 0 Å². The Bertz CT molecular complexity index is 340. The summed E-state index contributed by atoms with van der Waals surface area (Å²) in [5, 5.41) is 3.51. The molecule has 0 aromatic rings. The van der Waals surface area contributed by atoms with E-state index in [-0.39, 0.29) is 5.25 Å². The third-order valence-corrected chi connectivity index (χ3v) is 6.08. The summed E-state index contributed by atoms with van der Waals surface area (Å²) in [6, 6.07) is 0.610. The van der Waals surface area contributed by atoms with E-state index in [9.17, 15) is 8.42 Å². The zero-order valence-electron chi connectivity index (χ0n) is 12.8. The maximum Gasteiger partial charge on any atom is 0.150 e. The van der Waals surface area contributed by atoms with Crippen LogP contribution < -0.4 is 5.32 Å². The minimum Gasteiger partial charge on any atom is -0.314 e. The van der Waals surface area contributed by atoms with Crippen molar-refractivity contribution in [2.45, 2.75) is 76.5 Å². The monoisotopic (exact) mass is 289 g/mol. The predicted octanol–water partition coefficient (Wildman–Crippen LogP) is 3.15. The van der Waals surface area contributed by atoms with Crippen molar-refractivity contribution in [2.24, 2.45) is 5.92 Å². The highest BCUT2D eigenvalue weighted by Gasteiger charge is 2.28. The normalized spacial score (nSPS) is 26.3. The lowest BCUT2D eigenvalue weighted by Gasteiger charge is -2.29. The molecular formula is C15H31NO2S. The van der Waals surface area contributed by atoms with E-state index in [4.69, 9.17) is 0 Å². The molecule has 0 aliphatic heterocycles. The molecule has 1 N–H and O–H groups in total. The van der Waals surface area contributed by atoms with Crippen molar-refractivity contribution in [1.29, 1.82) is 0 Å². The fraction of sp³-hybridized carbons (Fsp3) is 1.00. The summed E-state index contributed by atoms with van der Waals surface area (Å²) in [6.45, 7) is 5.51. The number of sulfone groups is 1. The van der Waals surface area contributed by atoms with Crippen molar-refractivity contribution in [1.82, 2.24) is 5.32 Å². The smallest absolute Gasteiger partial charge is 0.150 e. The molecule has 19 heavy (non-hydrogen) atoms. The number of hydrogen-bond donors (Lipinski definition) is 1. The van der Waals surface area contributed by atoms with Crippen molar-refractivity contribution in [2.75, 3.05) is 12.8 Å². The second kappa shape index (κ2) is 8.25. The van der Waals surface area contributed by atoms with Gasteiger partial charge in [-0.3, -0.25) is 0 Å². The van der Waals surface area contributed by atoms with Crippen molar-refractivity contribution in [3.05, 3.63) is 0 Å². The van der Waals surface area contributed by atoms with Crippen LogP contribution in [0.2, 0.25) is 0 Å². The second-order valence-electron chi connectivity index (χ2n) is 6.12. The lowest BCUT2D eigenvalue weighted by Crippen LogP contribution is -2.31. The van der Waals surface area contributed by atoms with Crippen molar-refractivity contribution in [3.8, 4) is 0 Å². The van der Waals surface area contributed by atoms with Gasteiger partial charge >= 0.3 is 0 Å². The first kappa shape index (κ1) is 17.0. The molecule has 1 aliphatic carbocycles. The highest BCUT2D eigenvalue weighted by Crippen LogP contribution is 2.31. The summed E-state index contributed by atoms with van der Waals surface area (Å²) in [5.74, 6) is 0.617. The molecule has 1 rings (SSSR count). The van der Waals surface area contributed by atoms with Gasteiger partial charge in [0.15, 0.2) is 0 Å². The molecule has 0 spiro atoms. The maximum atomic E-state index is 11.7. The Kier molecular flexibility index (Phi) is 7.37. The van der Waals surface area contributed by atoms with Gasteiger partial charge in [0.1, 0.15) is 9.84 Å². The van der Waals surface area contributed by atoms with Crippen molar-refractivity contribution < 1.29 is 8.42 Å². The fourth-order valence-electron chi connectivity index (χ4n) is 3.13. The molecule has 4 heteroatoms. The zero-order valence-corrected chi connectivity index (χ0v) is 13.6. The molecule has 3 unspecified atom stereocenters. The van der Waals surface area contributed by atoms with Gasteiger partial charge in [0.25, 0.3) is 0 Å². The van der Waals surface area contributed by atoms with Gasteiger partial charge in [-0.25, -0.2) is 8.42 Å². The molecule has 3 atom stereocenters. The third-order valence-electron chi connectivity index (χ3n) is 4.44. The molecule has 3 nitrogen and oxygen atoms in total. The van der Waals surface area contributed by atoms with Crippen LogP contribution in [-0.2, 0) is 9.84 Å². The first-order valence-electron chi connectivity index (χ1n) is 7.89. The Morgan fingerprint density at radius 1 is 1.26 bits per heavy atom. The topological polar surface area (TPSA) is 46.2 Å². The molecule has 0 aromatic heterocycles. The molecular weight excluding hydrogens is 258 g/mol. The molecule has 0 radical (unpaired) electrons. The van der Waals surface area contributed by atoms with Crippen LogP contribution >= 0.6 is 0 Å². The highest BCUT2D eigenvalue weighted by molar-refractivity contribution is 7.91. The minimum absolute atomic E-state index is 0.0741. The lowest BCUT2D eigenvalue weighted by molar-refractivity contribution is 0.311. The largest absolute Gasteiger partial charge is 0.314 e. The Hall–Kier alpha value is -0.0900. The highest BCUT2D eigenvalue weighted by atomic mass is 32.2. The predicted molar refractivity (Wildman–Crippen MR) is 82.2 cm³/mol. The number of nitrogens with one attached hydrogen (secondary N) is 1. The van der Waals surface area contributed by atoms with Gasteiger partial charge in [0, 0.05) is 12.3 Å². The van der Waals surface area contributed by atoms with Gasteiger partial charge in [-0.2, -0.15) is 0 Å². The second-order valence-corrected chi connectivity index (χ2v) is 8.45. The third kappa shape index (κ3) is 6.26. The van der Waals surface area contributed by atoms with Gasteiger partial charge in [0.05, 0.1) is 5.25 Å². The number of rotatable bonds is 8. The van der Waals surface area contributed by atoms with Gasteiger partial charge in [-0.05, 0) is 51.0 Å². The molecule has 0 heterocycles. The summed E-state index contributed by atoms with van der Waals surface area (Å²) >= 11 is 0. The molecule has 1 fully saturated rings. The Labute approximate surface area is 119 Å². The summed E-state index contributed by atoms with van der Waals surface area (Å²) in [4.78, 5) is 0. The molecule has 0 bridgehead atoms. The van der Waals surface area contributed by atoms with Crippen LogP contribution in [0.1, 0.15) is 65.2 Å². The molecule has 1 aliphatic rings. The standard InChI is InChI=1S/C15H31NO2S/c1-4-11-16-14(5-2)10-9-13-7-6-8-15(12-13)19(3,17)18/h13-16H,4-12H2,1-3H3. The van der Waals surface area contributed by atoms with E-state index >= 15 is 0 Å². The van der Waals surface area contributed by atoms with Gasteiger partial charge < -0.3 is 5.32 Å². The van der Waals surface area contributed by atoms with E-state index in [1.807, 2.05) is 0 Å². The first-order valence-corrected chi connectivity index (χ1v) is 9.85. The molecule has 0 aromatic carbocycles. The van der Waals surface area contributed by atoms with E-state index in [1.165, 1.54) is 38.4 Å². The Morgan fingerprint density at radius 3 is 2.58 bits per heavy atom. The SMILES string of the molecule is CCCNC(CC)CCC1CCCC(S(C)(=O)=O)C1. The van der Waals surface area contributed by atoms with E-state index in [0.717, 1.165) is 25.8 Å². The molecule has 114 valence electrons. The molecule has 0 amide bonds. The van der Waals surface area contributed by atoms with Crippen LogP contribution in [0, 0.1) is 5.92 Å². The average molecular weight is 289 g/mol. The molecule has 1 saturated carbocycles. The van der Waals surface area contributed by atoms with Crippen LogP contribution in [0.25, 0.3) is 0 Å². The van der Waals surface area contributed by atoms with Gasteiger partial charge in [0.2, 0.25) is 0 Å². The average Bonchev–Trinajstić information content (AvgIpc) is 2.38. The lowest BCUT2D eigenvalue weighted by atomic mass is 9.84. The molecule has 0 saturated heterocycles. The van der Waals surface area contributed by atoms with Crippen LogP contribution in [0.5, 0.6) is 0 Å². The van der Waals surface area contributed by atoms with Crippen molar-refractivity contribution in [3.63, 3.8) is 0 Å². The quantitative estimate of drug-likeness (QED) is 0.746. The van der Waals surface area contributed by atoms with Gasteiger partial charge in [-0.15, -0.1) is 0 Å². The van der Waals surface area contributed by atoms with E-state index in [2.05, 4.69) is 19.2 Å². The van der Waals surface area contributed by atoms with Gasteiger partial charge in [-0.1, -0.05) is 26.7 Å². The Balaban J connectivity index is 2.36. The number of hydrogen-bond acceptors (Lipinski definition) is 3. The Morgan fingerprint density at radius 2 is 2.00 bits per heavy atom.